The van der Waals surface area contributed by atoms with Gasteiger partial charge in [-0.25, -0.2) is 0 Å². The molecule has 0 bridgehead atoms. The molecule has 2 atom stereocenters. The Kier molecular flexibility index (Phi) is 4.39. The third-order valence-electron chi connectivity index (χ3n) is 5.17. The van der Waals surface area contributed by atoms with Crippen molar-refractivity contribution in [3.8, 4) is 0 Å². The van der Waals surface area contributed by atoms with Crippen LogP contribution in [-0.2, 0) is 9.59 Å². The molecule has 2 amide bonds. The summed E-state index contributed by atoms with van der Waals surface area (Å²) in [6.45, 7) is 5.53. The lowest BCUT2D eigenvalue weighted by atomic mass is 9.91. The second-order valence-electron chi connectivity index (χ2n) is 6.91. The average Bonchev–Trinajstić information content (AvgIpc) is 3.21. The molecule has 1 spiro atoms. The first-order valence-electron chi connectivity index (χ1n) is 8.39. The van der Waals surface area contributed by atoms with E-state index in [4.69, 9.17) is 0 Å². The standard InChI is InChI=1S/C18H25N3O2/c1-12(14-4-3-5-15(10-14)21-13(2)22)20-17(23)16-11-18(16)6-8-19-9-7-18/h3-5,10,12,16,19H,6-9,11H2,1-2H3,(H,20,23)(H,21,22). The van der Waals surface area contributed by atoms with Crippen LogP contribution in [0.5, 0.6) is 0 Å². The molecule has 1 aliphatic heterocycles. The van der Waals surface area contributed by atoms with E-state index in [1.54, 1.807) is 0 Å². The normalized spacial score (nSPS) is 23.1. The maximum atomic E-state index is 12.5. The van der Waals surface area contributed by atoms with E-state index in [-0.39, 0.29) is 29.2 Å². The van der Waals surface area contributed by atoms with Crippen molar-refractivity contribution in [1.29, 1.82) is 0 Å². The molecule has 3 rings (SSSR count). The molecule has 1 saturated heterocycles. The predicted octanol–water partition coefficient (Wildman–Crippen LogP) is 2.21. The van der Waals surface area contributed by atoms with Crippen LogP contribution < -0.4 is 16.0 Å². The number of carbonyl (C=O) groups excluding carboxylic acids is 2. The average molecular weight is 315 g/mol. The number of amides is 2. The second kappa shape index (κ2) is 6.32. The van der Waals surface area contributed by atoms with E-state index in [9.17, 15) is 9.59 Å². The third-order valence-corrected chi connectivity index (χ3v) is 5.17. The molecule has 0 radical (unpaired) electrons. The van der Waals surface area contributed by atoms with Gasteiger partial charge in [0, 0.05) is 18.5 Å². The van der Waals surface area contributed by atoms with Crippen LogP contribution in [-0.4, -0.2) is 24.9 Å². The molecule has 124 valence electrons. The summed E-state index contributed by atoms with van der Waals surface area (Å²) in [6, 6.07) is 7.58. The molecule has 0 aromatic heterocycles. The summed E-state index contributed by atoms with van der Waals surface area (Å²) in [4.78, 5) is 23.7. The molecule has 1 heterocycles. The zero-order chi connectivity index (χ0) is 16.4. The van der Waals surface area contributed by atoms with Crippen molar-refractivity contribution in [3.05, 3.63) is 29.8 Å². The van der Waals surface area contributed by atoms with Gasteiger partial charge in [-0.2, -0.15) is 0 Å². The summed E-state index contributed by atoms with van der Waals surface area (Å²) < 4.78 is 0. The minimum absolute atomic E-state index is 0.0597. The van der Waals surface area contributed by atoms with Crippen molar-refractivity contribution < 1.29 is 9.59 Å². The molecule has 5 heteroatoms. The molecule has 1 saturated carbocycles. The summed E-state index contributed by atoms with van der Waals surface area (Å²) in [5.41, 5.74) is 2.02. The van der Waals surface area contributed by atoms with Crippen LogP contribution in [0.3, 0.4) is 0 Å². The highest BCUT2D eigenvalue weighted by Crippen LogP contribution is 2.58. The number of nitrogens with one attached hydrogen (secondary N) is 3. The van der Waals surface area contributed by atoms with Crippen LogP contribution in [0.25, 0.3) is 0 Å². The zero-order valence-electron chi connectivity index (χ0n) is 13.8. The van der Waals surface area contributed by atoms with E-state index in [2.05, 4.69) is 16.0 Å². The Morgan fingerprint density at radius 3 is 2.74 bits per heavy atom. The maximum Gasteiger partial charge on any atom is 0.224 e. The maximum absolute atomic E-state index is 12.5. The van der Waals surface area contributed by atoms with Gasteiger partial charge < -0.3 is 16.0 Å². The van der Waals surface area contributed by atoms with Crippen LogP contribution in [0.15, 0.2) is 24.3 Å². The van der Waals surface area contributed by atoms with Gasteiger partial charge in [-0.1, -0.05) is 12.1 Å². The molecule has 1 aromatic rings. The van der Waals surface area contributed by atoms with Gasteiger partial charge >= 0.3 is 0 Å². The van der Waals surface area contributed by atoms with Gasteiger partial charge in [-0.15, -0.1) is 0 Å². The monoisotopic (exact) mass is 315 g/mol. The van der Waals surface area contributed by atoms with Crippen LogP contribution in [0, 0.1) is 11.3 Å². The summed E-state index contributed by atoms with van der Waals surface area (Å²) in [7, 11) is 0. The first kappa shape index (κ1) is 16.0. The predicted molar refractivity (Wildman–Crippen MR) is 89.9 cm³/mol. The van der Waals surface area contributed by atoms with Gasteiger partial charge in [-0.05, 0) is 62.4 Å². The van der Waals surface area contributed by atoms with Crippen molar-refractivity contribution in [2.24, 2.45) is 11.3 Å². The van der Waals surface area contributed by atoms with E-state index in [0.717, 1.165) is 43.6 Å². The highest BCUT2D eigenvalue weighted by atomic mass is 16.2. The minimum atomic E-state index is -0.0929. The van der Waals surface area contributed by atoms with Crippen molar-refractivity contribution >= 4 is 17.5 Å². The molecule has 2 aliphatic rings. The molecule has 2 fully saturated rings. The fourth-order valence-corrected chi connectivity index (χ4v) is 3.68. The first-order chi connectivity index (χ1) is 11.0. The number of hydrogen-bond donors (Lipinski definition) is 3. The Labute approximate surface area is 137 Å². The molecule has 5 nitrogen and oxygen atoms in total. The van der Waals surface area contributed by atoms with Gasteiger partial charge in [-0.3, -0.25) is 9.59 Å². The SMILES string of the molecule is CC(=O)Nc1cccc(C(C)NC(=O)C2CC23CCNCC3)c1. The van der Waals surface area contributed by atoms with E-state index in [1.165, 1.54) is 6.92 Å². The molecular formula is C18H25N3O2. The summed E-state index contributed by atoms with van der Waals surface area (Å²) in [5.74, 6) is 0.250. The Morgan fingerprint density at radius 1 is 1.30 bits per heavy atom. The third kappa shape index (κ3) is 3.55. The van der Waals surface area contributed by atoms with E-state index in [0.29, 0.717) is 0 Å². The zero-order valence-corrected chi connectivity index (χ0v) is 13.8. The van der Waals surface area contributed by atoms with Crippen LogP contribution >= 0.6 is 0 Å². The molecule has 23 heavy (non-hydrogen) atoms. The topological polar surface area (TPSA) is 70.2 Å². The summed E-state index contributed by atoms with van der Waals surface area (Å²) >= 11 is 0. The number of anilines is 1. The highest BCUT2D eigenvalue weighted by Gasteiger charge is 2.57. The lowest BCUT2D eigenvalue weighted by molar-refractivity contribution is -0.124. The Bertz CT molecular complexity index is 608. The molecule has 1 aromatic carbocycles. The van der Waals surface area contributed by atoms with Gasteiger partial charge in [0.25, 0.3) is 0 Å². The lowest BCUT2D eigenvalue weighted by Crippen LogP contribution is -2.34. The fraction of sp³-hybridized carbons (Fsp3) is 0.556. The summed E-state index contributed by atoms with van der Waals surface area (Å²) in [6.07, 6.45) is 3.24. The molecule has 3 N–H and O–H groups in total. The quantitative estimate of drug-likeness (QED) is 0.798. The van der Waals surface area contributed by atoms with Crippen LogP contribution in [0.2, 0.25) is 0 Å². The fourth-order valence-electron chi connectivity index (χ4n) is 3.68. The largest absolute Gasteiger partial charge is 0.349 e. The summed E-state index contributed by atoms with van der Waals surface area (Å²) in [5, 5.41) is 9.28. The van der Waals surface area contributed by atoms with Crippen molar-refractivity contribution in [2.75, 3.05) is 18.4 Å². The number of benzene rings is 1. The smallest absolute Gasteiger partial charge is 0.224 e. The lowest BCUT2D eigenvalue weighted by Gasteiger charge is -2.24. The van der Waals surface area contributed by atoms with Gasteiger partial charge in [0.1, 0.15) is 0 Å². The second-order valence-corrected chi connectivity index (χ2v) is 6.91. The van der Waals surface area contributed by atoms with E-state index >= 15 is 0 Å². The Balaban J connectivity index is 1.60. The van der Waals surface area contributed by atoms with Crippen molar-refractivity contribution in [1.82, 2.24) is 10.6 Å². The van der Waals surface area contributed by atoms with Gasteiger partial charge in [0.15, 0.2) is 0 Å². The van der Waals surface area contributed by atoms with Crippen molar-refractivity contribution in [3.63, 3.8) is 0 Å². The first-order valence-corrected chi connectivity index (χ1v) is 8.39. The minimum Gasteiger partial charge on any atom is -0.349 e. The van der Waals surface area contributed by atoms with Crippen LogP contribution in [0.1, 0.15) is 44.7 Å². The molecule has 2 unspecified atom stereocenters. The Morgan fingerprint density at radius 2 is 2.04 bits per heavy atom. The number of hydrogen-bond acceptors (Lipinski definition) is 3. The highest BCUT2D eigenvalue weighted by molar-refractivity contribution is 5.88. The van der Waals surface area contributed by atoms with Gasteiger partial charge in [0.2, 0.25) is 11.8 Å². The number of rotatable bonds is 4. The Hall–Kier alpha value is -1.88. The molecular weight excluding hydrogens is 290 g/mol. The van der Waals surface area contributed by atoms with E-state index in [1.807, 2.05) is 31.2 Å². The van der Waals surface area contributed by atoms with Gasteiger partial charge in [0.05, 0.1) is 6.04 Å². The van der Waals surface area contributed by atoms with Crippen molar-refractivity contribution in [2.45, 2.75) is 39.2 Å². The molecule has 1 aliphatic carbocycles. The van der Waals surface area contributed by atoms with Crippen LogP contribution in [0.4, 0.5) is 5.69 Å². The number of piperidine rings is 1. The van der Waals surface area contributed by atoms with E-state index < -0.39 is 0 Å². The number of carbonyl (C=O) groups is 2.